The Hall–Kier alpha value is -1.66. The Labute approximate surface area is 117 Å². The van der Waals surface area contributed by atoms with E-state index in [-0.39, 0.29) is 23.8 Å². The van der Waals surface area contributed by atoms with Crippen LogP contribution in [0.3, 0.4) is 0 Å². The van der Waals surface area contributed by atoms with Gasteiger partial charge in [-0.05, 0) is 6.07 Å². The Morgan fingerprint density at radius 3 is 3.25 bits per heavy atom. The molecule has 2 aliphatic heterocycles. The van der Waals surface area contributed by atoms with E-state index in [0.717, 1.165) is 0 Å². The summed E-state index contributed by atoms with van der Waals surface area (Å²) >= 11 is 0. The Kier molecular flexibility index (Phi) is 3.35. The molecule has 0 unspecified atom stereocenters. The SMILES string of the molecule is COc1cnccc1C(=O)N1C[C@H]2COC[C@@]2(CO)C1. The highest BCUT2D eigenvalue weighted by molar-refractivity contribution is 5.97. The summed E-state index contributed by atoms with van der Waals surface area (Å²) in [5, 5.41) is 9.65. The Morgan fingerprint density at radius 2 is 2.55 bits per heavy atom. The predicted octanol–water partition coefficient (Wildman–Crippen LogP) is 0.171. The van der Waals surface area contributed by atoms with Crippen LogP contribution in [0.2, 0.25) is 0 Å². The number of carbonyl (C=O) groups excluding carboxylic acids is 1. The molecule has 0 spiro atoms. The highest BCUT2D eigenvalue weighted by atomic mass is 16.5. The topological polar surface area (TPSA) is 71.9 Å². The zero-order valence-corrected chi connectivity index (χ0v) is 11.4. The summed E-state index contributed by atoms with van der Waals surface area (Å²) in [7, 11) is 1.52. The maximum Gasteiger partial charge on any atom is 0.257 e. The minimum atomic E-state index is -0.296. The van der Waals surface area contributed by atoms with Gasteiger partial charge in [0.1, 0.15) is 5.75 Å². The van der Waals surface area contributed by atoms with Crippen molar-refractivity contribution in [3.8, 4) is 5.75 Å². The third-order valence-electron chi connectivity index (χ3n) is 4.36. The van der Waals surface area contributed by atoms with Crippen molar-refractivity contribution in [2.45, 2.75) is 0 Å². The average molecular weight is 278 g/mol. The molecule has 1 N–H and O–H groups in total. The lowest BCUT2D eigenvalue weighted by molar-refractivity contribution is 0.0628. The van der Waals surface area contributed by atoms with Crippen LogP contribution in [0.5, 0.6) is 5.75 Å². The molecule has 1 aromatic rings. The number of aromatic nitrogens is 1. The molecule has 0 radical (unpaired) electrons. The van der Waals surface area contributed by atoms with E-state index in [1.54, 1.807) is 17.2 Å². The van der Waals surface area contributed by atoms with Gasteiger partial charge in [-0.3, -0.25) is 9.78 Å². The zero-order chi connectivity index (χ0) is 14.2. The first-order valence-electron chi connectivity index (χ1n) is 6.66. The lowest BCUT2D eigenvalue weighted by Gasteiger charge is -2.24. The smallest absolute Gasteiger partial charge is 0.257 e. The molecule has 2 aliphatic rings. The number of nitrogens with zero attached hydrogens (tertiary/aromatic N) is 2. The van der Waals surface area contributed by atoms with E-state index in [1.807, 2.05) is 0 Å². The number of likely N-dealkylation sites (tertiary alicyclic amines) is 1. The fourth-order valence-corrected chi connectivity index (χ4v) is 3.10. The lowest BCUT2D eigenvalue weighted by Crippen LogP contribution is -2.36. The van der Waals surface area contributed by atoms with Gasteiger partial charge < -0.3 is 19.5 Å². The molecule has 2 saturated heterocycles. The molecule has 3 rings (SSSR count). The first kappa shape index (κ1) is 13.3. The van der Waals surface area contributed by atoms with Crippen LogP contribution in [0.1, 0.15) is 10.4 Å². The second kappa shape index (κ2) is 5.03. The van der Waals surface area contributed by atoms with Gasteiger partial charge in [0.25, 0.3) is 5.91 Å². The van der Waals surface area contributed by atoms with Crippen LogP contribution < -0.4 is 4.74 Å². The number of rotatable bonds is 3. The molecule has 0 aliphatic carbocycles. The van der Waals surface area contributed by atoms with Gasteiger partial charge in [0.2, 0.25) is 0 Å². The number of aliphatic hydroxyl groups excluding tert-OH is 1. The number of amides is 1. The van der Waals surface area contributed by atoms with Crippen molar-refractivity contribution in [1.29, 1.82) is 0 Å². The van der Waals surface area contributed by atoms with Crippen LogP contribution in [-0.4, -0.2) is 60.9 Å². The molecule has 0 saturated carbocycles. The molecule has 0 aromatic carbocycles. The number of aliphatic hydroxyl groups is 1. The van der Waals surface area contributed by atoms with Crippen LogP contribution in [-0.2, 0) is 4.74 Å². The van der Waals surface area contributed by atoms with E-state index in [9.17, 15) is 9.90 Å². The Bertz CT molecular complexity index is 522. The first-order valence-corrected chi connectivity index (χ1v) is 6.66. The average Bonchev–Trinajstić information content (AvgIpc) is 3.03. The first-order chi connectivity index (χ1) is 9.70. The third kappa shape index (κ3) is 1.96. The van der Waals surface area contributed by atoms with Crippen LogP contribution in [0.4, 0.5) is 0 Å². The van der Waals surface area contributed by atoms with Gasteiger partial charge in [0.05, 0.1) is 38.7 Å². The number of hydrogen-bond acceptors (Lipinski definition) is 5. The summed E-state index contributed by atoms with van der Waals surface area (Å²) in [5.41, 5.74) is 0.215. The van der Waals surface area contributed by atoms with E-state index in [1.165, 1.54) is 13.3 Å². The van der Waals surface area contributed by atoms with Gasteiger partial charge in [-0.15, -0.1) is 0 Å². The van der Waals surface area contributed by atoms with Crippen LogP contribution >= 0.6 is 0 Å². The molecule has 1 aromatic heterocycles. The highest BCUT2D eigenvalue weighted by Gasteiger charge is 2.51. The second-order valence-corrected chi connectivity index (χ2v) is 5.49. The van der Waals surface area contributed by atoms with E-state index in [4.69, 9.17) is 9.47 Å². The Balaban J connectivity index is 1.83. The number of fused-ring (bicyclic) bond motifs is 1. The number of pyridine rings is 1. The monoisotopic (exact) mass is 278 g/mol. The molecule has 2 atom stereocenters. The third-order valence-corrected chi connectivity index (χ3v) is 4.36. The fraction of sp³-hybridized carbons (Fsp3) is 0.571. The summed E-state index contributed by atoms with van der Waals surface area (Å²) in [6.45, 7) is 2.32. The van der Waals surface area contributed by atoms with Crippen LogP contribution in [0.15, 0.2) is 18.5 Å². The number of methoxy groups -OCH3 is 1. The Morgan fingerprint density at radius 1 is 1.70 bits per heavy atom. The van der Waals surface area contributed by atoms with Gasteiger partial charge in [-0.25, -0.2) is 0 Å². The molecule has 6 nitrogen and oxygen atoms in total. The zero-order valence-electron chi connectivity index (χ0n) is 11.4. The summed E-state index contributed by atoms with van der Waals surface area (Å²) in [6, 6.07) is 1.66. The minimum Gasteiger partial charge on any atom is -0.494 e. The molecule has 1 amide bonds. The quantitative estimate of drug-likeness (QED) is 0.853. The van der Waals surface area contributed by atoms with Crippen LogP contribution in [0.25, 0.3) is 0 Å². The van der Waals surface area contributed by atoms with Gasteiger partial charge in [-0.2, -0.15) is 0 Å². The molecular formula is C14H18N2O4. The van der Waals surface area contributed by atoms with E-state index < -0.39 is 0 Å². The maximum atomic E-state index is 12.6. The predicted molar refractivity (Wildman–Crippen MR) is 70.5 cm³/mol. The van der Waals surface area contributed by atoms with E-state index in [0.29, 0.717) is 37.6 Å². The summed E-state index contributed by atoms with van der Waals surface area (Å²) in [6.07, 6.45) is 3.12. The van der Waals surface area contributed by atoms with E-state index in [2.05, 4.69) is 4.98 Å². The summed E-state index contributed by atoms with van der Waals surface area (Å²) in [5.74, 6) is 0.611. The van der Waals surface area contributed by atoms with Gasteiger partial charge in [-0.1, -0.05) is 0 Å². The maximum absolute atomic E-state index is 12.6. The summed E-state index contributed by atoms with van der Waals surface area (Å²) in [4.78, 5) is 18.3. The van der Waals surface area contributed by atoms with Gasteiger partial charge in [0.15, 0.2) is 0 Å². The molecule has 2 fully saturated rings. The molecule has 6 heteroatoms. The fourth-order valence-electron chi connectivity index (χ4n) is 3.10. The van der Waals surface area contributed by atoms with Crippen molar-refractivity contribution >= 4 is 5.91 Å². The number of carbonyl (C=O) groups is 1. The molecular weight excluding hydrogens is 260 g/mol. The highest BCUT2D eigenvalue weighted by Crippen LogP contribution is 2.41. The van der Waals surface area contributed by atoms with Crippen molar-refractivity contribution < 1.29 is 19.4 Å². The normalized spacial score (nSPS) is 28.5. The van der Waals surface area contributed by atoms with Crippen molar-refractivity contribution in [3.05, 3.63) is 24.0 Å². The second-order valence-electron chi connectivity index (χ2n) is 5.49. The molecule has 0 bridgehead atoms. The van der Waals surface area contributed by atoms with Crippen molar-refractivity contribution in [2.75, 3.05) is 40.0 Å². The van der Waals surface area contributed by atoms with Gasteiger partial charge in [0, 0.05) is 30.6 Å². The molecule has 108 valence electrons. The molecule has 3 heterocycles. The number of ether oxygens (including phenoxy) is 2. The van der Waals surface area contributed by atoms with Crippen LogP contribution in [0, 0.1) is 11.3 Å². The summed E-state index contributed by atoms with van der Waals surface area (Å²) < 4.78 is 10.6. The van der Waals surface area contributed by atoms with Crippen molar-refractivity contribution in [3.63, 3.8) is 0 Å². The lowest BCUT2D eigenvalue weighted by atomic mass is 9.82. The minimum absolute atomic E-state index is 0.0505. The van der Waals surface area contributed by atoms with Gasteiger partial charge >= 0.3 is 0 Å². The van der Waals surface area contributed by atoms with Crippen molar-refractivity contribution in [1.82, 2.24) is 9.88 Å². The van der Waals surface area contributed by atoms with Crippen molar-refractivity contribution in [2.24, 2.45) is 11.3 Å². The molecule has 20 heavy (non-hydrogen) atoms. The largest absolute Gasteiger partial charge is 0.494 e. The standard InChI is InChI=1S/C14H18N2O4/c1-19-12-4-15-3-2-11(12)13(18)16-5-10-6-20-9-14(10,7-16)8-17/h2-4,10,17H,5-9H2,1H3/t10-,14-/m0/s1. The number of hydrogen-bond donors (Lipinski definition) is 1. The van der Waals surface area contributed by atoms with E-state index >= 15 is 0 Å².